The Morgan fingerprint density at radius 3 is 2.36 bits per heavy atom. The van der Waals surface area contributed by atoms with Gasteiger partial charge in [-0.15, -0.1) is 0 Å². The van der Waals surface area contributed by atoms with E-state index in [0.717, 1.165) is 0 Å². The number of halogens is 2. The predicted molar refractivity (Wildman–Crippen MR) is 74.8 cm³/mol. The zero-order chi connectivity index (χ0) is 17.0. The van der Waals surface area contributed by atoms with Crippen molar-refractivity contribution in [2.24, 2.45) is 5.92 Å². The van der Waals surface area contributed by atoms with E-state index in [1.165, 1.54) is 0 Å². The van der Waals surface area contributed by atoms with Gasteiger partial charge in [-0.2, -0.15) is 4.79 Å². The zero-order valence-corrected chi connectivity index (χ0v) is 12.9. The summed E-state index contributed by atoms with van der Waals surface area (Å²) >= 11 is 0. The van der Waals surface area contributed by atoms with Crippen LogP contribution in [0.5, 0.6) is 0 Å². The second kappa shape index (κ2) is 6.96. The maximum atomic E-state index is 13.2. The number of ketones is 1. The van der Waals surface area contributed by atoms with Crippen molar-refractivity contribution >= 4 is 18.1 Å². The lowest BCUT2D eigenvalue weighted by molar-refractivity contribution is -0.130. The van der Waals surface area contributed by atoms with Gasteiger partial charge in [0.25, 0.3) is 5.78 Å². The van der Waals surface area contributed by atoms with Crippen LogP contribution in [0.4, 0.5) is 13.6 Å². The lowest BCUT2D eigenvalue weighted by Gasteiger charge is -2.32. The summed E-state index contributed by atoms with van der Waals surface area (Å²) in [6, 6.07) is 0. The number of rotatable bonds is 4. The minimum absolute atomic E-state index is 0.0610. The summed E-state index contributed by atoms with van der Waals surface area (Å²) in [6.45, 7) is 5.21. The molecular formula is C14H21F2N3O3. The van der Waals surface area contributed by atoms with Gasteiger partial charge in [-0.25, -0.2) is 13.6 Å². The summed E-state index contributed by atoms with van der Waals surface area (Å²) in [5.74, 6) is -3.99. The third-order valence-electron chi connectivity index (χ3n) is 3.37. The molecule has 1 fully saturated rings. The zero-order valence-electron chi connectivity index (χ0n) is 12.9. The van der Waals surface area contributed by atoms with Crippen LogP contribution in [-0.4, -0.2) is 40.4 Å². The van der Waals surface area contributed by atoms with E-state index in [0.29, 0.717) is 6.21 Å². The van der Waals surface area contributed by atoms with E-state index in [9.17, 15) is 18.4 Å². The molecule has 1 aliphatic rings. The second-order valence-electron chi connectivity index (χ2n) is 6.54. The van der Waals surface area contributed by atoms with Crippen molar-refractivity contribution < 1.29 is 27.9 Å². The van der Waals surface area contributed by atoms with Gasteiger partial charge >= 0.3 is 12.3 Å². The number of hydrogen-bond donors (Lipinski definition) is 1. The number of Topliss-reactive ketones (excluding diaryl/α,β-unsaturated/α-hetero) is 1. The molecule has 6 nitrogen and oxygen atoms in total. The van der Waals surface area contributed by atoms with Crippen LogP contribution in [0.15, 0.2) is 0 Å². The van der Waals surface area contributed by atoms with Crippen molar-refractivity contribution in [1.29, 1.82) is 0 Å². The molecule has 124 valence electrons. The van der Waals surface area contributed by atoms with Gasteiger partial charge in [-0.3, -0.25) is 4.79 Å². The number of hydrogen-bond acceptors (Lipinski definition) is 3. The highest BCUT2D eigenvalue weighted by molar-refractivity contribution is 6.27. The first kappa shape index (κ1) is 18.2. The highest BCUT2D eigenvalue weighted by Gasteiger charge is 2.42. The summed E-state index contributed by atoms with van der Waals surface area (Å²) in [5, 5.41) is 2.53. The quantitative estimate of drug-likeness (QED) is 0.490. The number of alkyl halides is 2. The fourth-order valence-corrected chi connectivity index (χ4v) is 2.33. The van der Waals surface area contributed by atoms with Gasteiger partial charge < -0.3 is 15.6 Å². The van der Waals surface area contributed by atoms with Gasteiger partial charge in [0.15, 0.2) is 6.10 Å². The largest absolute Gasteiger partial charge is 0.437 e. The van der Waals surface area contributed by atoms with E-state index in [2.05, 4.69) is 10.1 Å². The minimum atomic E-state index is -2.75. The Morgan fingerprint density at radius 1 is 1.36 bits per heavy atom. The fraction of sp³-hybridized carbons (Fsp3) is 0.786. The second-order valence-corrected chi connectivity index (χ2v) is 6.54. The monoisotopic (exact) mass is 317 g/mol. The number of amides is 1. The van der Waals surface area contributed by atoms with Crippen LogP contribution in [0, 0.1) is 5.92 Å². The minimum Gasteiger partial charge on any atom is -0.437 e. The Morgan fingerprint density at radius 2 is 1.91 bits per heavy atom. The Bertz CT molecular complexity index is 472. The molecule has 0 heterocycles. The Kier molecular flexibility index (Phi) is 5.77. The molecule has 22 heavy (non-hydrogen) atoms. The van der Waals surface area contributed by atoms with Crippen molar-refractivity contribution in [2.45, 2.75) is 64.0 Å². The molecule has 1 atom stereocenters. The van der Waals surface area contributed by atoms with E-state index in [1.54, 1.807) is 20.8 Å². The van der Waals surface area contributed by atoms with Gasteiger partial charge in [0.2, 0.25) is 5.92 Å². The highest BCUT2D eigenvalue weighted by Crippen LogP contribution is 2.38. The smallest absolute Gasteiger partial charge is 0.408 e. The number of carbonyl (C=O) groups is 2. The Hall–Kier alpha value is -1.82. The maximum absolute atomic E-state index is 13.2. The third-order valence-corrected chi connectivity index (χ3v) is 3.37. The van der Waals surface area contributed by atoms with Gasteiger partial charge in [0.1, 0.15) is 0 Å². The van der Waals surface area contributed by atoms with Crippen LogP contribution in [0.2, 0.25) is 0 Å². The van der Waals surface area contributed by atoms with E-state index in [4.69, 9.17) is 10.3 Å². The number of nitrogens with zero attached hydrogens (tertiary/aromatic N) is 2. The SMILES string of the molecule is CC(C)(C)NC(=O)O[C@H](C(=O)C=[N+]=[N-])C1CCC(F)(F)CC1. The molecule has 0 radical (unpaired) electrons. The standard InChI is InChI=1S/C14H21F2N3O3/c1-13(2,3)19-12(21)22-11(10(20)8-18-17)9-4-6-14(15,16)7-5-9/h8-9,11H,4-7H2,1-3H3,(H,19,21)/t11-/m0/s1. The number of alkyl carbamates (subject to hydrolysis) is 1. The molecule has 1 N–H and O–H groups in total. The van der Waals surface area contributed by atoms with Crippen molar-refractivity contribution in [3.8, 4) is 0 Å². The Balaban J connectivity index is 2.79. The molecule has 0 aromatic rings. The molecular weight excluding hydrogens is 296 g/mol. The molecule has 8 heteroatoms. The molecule has 1 aliphatic carbocycles. The average Bonchev–Trinajstić information content (AvgIpc) is 2.34. The van der Waals surface area contributed by atoms with Gasteiger partial charge in [0.05, 0.1) is 0 Å². The number of carbonyl (C=O) groups excluding carboxylic acids is 2. The molecule has 0 aliphatic heterocycles. The van der Waals surface area contributed by atoms with Crippen molar-refractivity contribution in [3.05, 3.63) is 5.53 Å². The van der Waals surface area contributed by atoms with E-state index in [1.807, 2.05) is 0 Å². The molecule has 0 bridgehead atoms. The van der Waals surface area contributed by atoms with Crippen LogP contribution >= 0.6 is 0 Å². The third kappa shape index (κ3) is 5.89. The first-order chi connectivity index (χ1) is 10.0. The van der Waals surface area contributed by atoms with Crippen LogP contribution in [0.1, 0.15) is 46.5 Å². The summed E-state index contributed by atoms with van der Waals surface area (Å²) in [7, 11) is 0. The topological polar surface area (TPSA) is 91.8 Å². The number of ether oxygens (including phenoxy) is 1. The average molecular weight is 317 g/mol. The summed E-state index contributed by atoms with van der Waals surface area (Å²) in [6.07, 6.45) is -2.01. The molecule has 1 amide bonds. The lowest BCUT2D eigenvalue weighted by atomic mass is 9.82. The summed E-state index contributed by atoms with van der Waals surface area (Å²) < 4.78 is 31.5. The van der Waals surface area contributed by atoms with Crippen LogP contribution in [0.3, 0.4) is 0 Å². The van der Waals surface area contributed by atoms with Crippen molar-refractivity contribution in [3.63, 3.8) is 0 Å². The summed E-state index contributed by atoms with van der Waals surface area (Å²) in [4.78, 5) is 26.3. The van der Waals surface area contributed by atoms with Gasteiger partial charge in [-0.1, -0.05) is 0 Å². The van der Waals surface area contributed by atoms with Gasteiger partial charge in [-0.05, 0) is 33.6 Å². The molecule has 0 spiro atoms. The van der Waals surface area contributed by atoms with E-state index >= 15 is 0 Å². The highest BCUT2D eigenvalue weighted by atomic mass is 19.3. The Labute approximate surface area is 127 Å². The first-order valence-electron chi connectivity index (χ1n) is 7.12. The lowest BCUT2D eigenvalue weighted by Crippen LogP contribution is -2.46. The molecule has 1 saturated carbocycles. The fourth-order valence-electron chi connectivity index (χ4n) is 2.33. The first-order valence-corrected chi connectivity index (χ1v) is 7.12. The van der Waals surface area contributed by atoms with E-state index in [-0.39, 0.29) is 25.7 Å². The molecule has 0 aromatic heterocycles. The van der Waals surface area contributed by atoms with Crippen LogP contribution < -0.4 is 5.32 Å². The van der Waals surface area contributed by atoms with Gasteiger partial charge in [0, 0.05) is 24.3 Å². The molecule has 0 aromatic carbocycles. The molecule has 0 saturated heterocycles. The van der Waals surface area contributed by atoms with E-state index < -0.39 is 35.4 Å². The molecule has 0 unspecified atom stereocenters. The normalized spacial score (nSPS) is 19.7. The number of nitrogens with one attached hydrogen (secondary N) is 1. The summed E-state index contributed by atoms with van der Waals surface area (Å²) in [5.41, 5.74) is 7.90. The van der Waals surface area contributed by atoms with Crippen molar-refractivity contribution in [1.82, 2.24) is 5.32 Å². The maximum Gasteiger partial charge on any atom is 0.408 e. The predicted octanol–water partition coefficient (Wildman–Crippen LogP) is 2.57. The molecule has 1 rings (SSSR count). The van der Waals surface area contributed by atoms with Crippen LogP contribution in [-0.2, 0) is 9.53 Å². The van der Waals surface area contributed by atoms with Crippen molar-refractivity contribution in [2.75, 3.05) is 0 Å². The van der Waals surface area contributed by atoms with Crippen LogP contribution in [0.25, 0.3) is 5.53 Å².